The minimum Gasteiger partial charge on any atom is -0.478 e. The van der Waals surface area contributed by atoms with Crippen molar-refractivity contribution in [3.8, 4) is 0 Å². The first-order valence-electron chi connectivity index (χ1n) is 11.6. The Kier molecular flexibility index (Phi) is 5.82. The SMILES string of the molecule is CCc1nn(C2CCCC2)c2cc(N(Cc3cccnc3)c3cccc(C(=O)O)c3)ccc12. The Labute approximate surface area is 193 Å². The molecule has 0 bridgehead atoms. The van der Waals surface area contributed by atoms with Crippen LogP contribution in [-0.4, -0.2) is 25.8 Å². The zero-order valence-corrected chi connectivity index (χ0v) is 18.8. The second-order valence-electron chi connectivity index (χ2n) is 8.69. The summed E-state index contributed by atoms with van der Waals surface area (Å²) in [6.45, 7) is 2.74. The van der Waals surface area contributed by atoms with Gasteiger partial charge in [-0.1, -0.05) is 31.9 Å². The van der Waals surface area contributed by atoms with Crippen LogP contribution in [0.1, 0.15) is 60.3 Å². The quantitative estimate of drug-likeness (QED) is 0.373. The van der Waals surface area contributed by atoms with E-state index in [-0.39, 0.29) is 5.56 Å². The number of benzene rings is 2. The second kappa shape index (κ2) is 9.06. The Hall–Kier alpha value is -3.67. The monoisotopic (exact) mass is 440 g/mol. The number of hydrogen-bond acceptors (Lipinski definition) is 4. The molecule has 2 aromatic carbocycles. The van der Waals surface area contributed by atoms with Gasteiger partial charge in [0.1, 0.15) is 0 Å². The van der Waals surface area contributed by atoms with E-state index in [1.165, 1.54) is 31.1 Å². The number of hydrogen-bond donors (Lipinski definition) is 1. The molecule has 4 aromatic rings. The lowest BCUT2D eigenvalue weighted by Crippen LogP contribution is -2.17. The molecule has 0 radical (unpaired) electrons. The number of carboxylic acids is 1. The van der Waals surface area contributed by atoms with Crippen molar-refractivity contribution in [2.45, 2.75) is 51.6 Å². The molecule has 2 aromatic heterocycles. The summed E-state index contributed by atoms with van der Waals surface area (Å²) in [6.07, 6.45) is 9.36. The minimum absolute atomic E-state index is 0.272. The van der Waals surface area contributed by atoms with Crippen LogP contribution in [-0.2, 0) is 13.0 Å². The maximum Gasteiger partial charge on any atom is 0.335 e. The van der Waals surface area contributed by atoms with E-state index in [2.05, 4.69) is 39.7 Å². The Morgan fingerprint density at radius 1 is 1.09 bits per heavy atom. The number of rotatable bonds is 7. The van der Waals surface area contributed by atoms with E-state index in [1.807, 2.05) is 24.4 Å². The van der Waals surface area contributed by atoms with Crippen molar-refractivity contribution in [2.75, 3.05) is 4.90 Å². The predicted molar refractivity (Wildman–Crippen MR) is 130 cm³/mol. The lowest BCUT2D eigenvalue weighted by Gasteiger charge is -2.26. The molecule has 6 heteroatoms. The van der Waals surface area contributed by atoms with E-state index in [0.717, 1.165) is 34.6 Å². The first-order chi connectivity index (χ1) is 16.1. The first-order valence-corrected chi connectivity index (χ1v) is 11.6. The van der Waals surface area contributed by atoms with Crippen molar-refractivity contribution in [3.05, 3.63) is 83.8 Å². The van der Waals surface area contributed by atoms with Crippen LogP contribution < -0.4 is 4.90 Å². The van der Waals surface area contributed by atoms with Gasteiger partial charge in [-0.25, -0.2) is 4.79 Å². The van der Waals surface area contributed by atoms with Crippen LogP contribution in [0.2, 0.25) is 0 Å². The summed E-state index contributed by atoms with van der Waals surface area (Å²) in [4.78, 5) is 18.1. The third kappa shape index (κ3) is 4.21. The number of anilines is 2. The molecule has 5 rings (SSSR count). The fourth-order valence-corrected chi connectivity index (χ4v) is 4.86. The molecule has 1 fully saturated rings. The van der Waals surface area contributed by atoms with Crippen LogP contribution in [0.4, 0.5) is 11.4 Å². The molecule has 0 spiro atoms. The third-order valence-corrected chi connectivity index (χ3v) is 6.55. The van der Waals surface area contributed by atoms with E-state index in [1.54, 1.807) is 24.4 Å². The smallest absolute Gasteiger partial charge is 0.335 e. The van der Waals surface area contributed by atoms with Crippen molar-refractivity contribution < 1.29 is 9.90 Å². The van der Waals surface area contributed by atoms with Gasteiger partial charge in [0.15, 0.2) is 0 Å². The number of aromatic nitrogens is 3. The Morgan fingerprint density at radius 2 is 1.91 bits per heavy atom. The van der Waals surface area contributed by atoms with Gasteiger partial charge in [0, 0.05) is 35.7 Å². The average molecular weight is 441 g/mol. The van der Waals surface area contributed by atoms with Gasteiger partial charge in [0.05, 0.1) is 22.8 Å². The van der Waals surface area contributed by atoms with Gasteiger partial charge in [-0.05, 0) is 67.3 Å². The van der Waals surface area contributed by atoms with Crippen molar-refractivity contribution in [1.82, 2.24) is 14.8 Å². The molecule has 0 saturated heterocycles. The van der Waals surface area contributed by atoms with Crippen molar-refractivity contribution in [3.63, 3.8) is 0 Å². The summed E-state index contributed by atoms with van der Waals surface area (Å²) in [5, 5.41) is 15.7. The zero-order chi connectivity index (χ0) is 22.8. The Morgan fingerprint density at radius 3 is 2.64 bits per heavy atom. The highest BCUT2D eigenvalue weighted by molar-refractivity contribution is 5.90. The van der Waals surface area contributed by atoms with E-state index >= 15 is 0 Å². The molecular weight excluding hydrogens is 412 g/mol. The summed E-state index contributed by atoms with van der Waals surface area (Å²) in [6, 6.07) is 18.0. The highest BCUT2D eigenvalue weighted by atomic mass is 16.4. The fourth-order valence-electron chi connectivity index (χ4n) is 4.86. The number of nitrogens with zero attached hydrogens (tertiary/aromatic N) is 4. The van der Waals surface area contributed by atoms with Crippen molar-refractivity contribution >= 4 is 28.2 Å². The third-order valence-electron chi connectivity index (χ3n) is 6.55. The summed E-state index contributed by atoms with van der Waals surface area (Å²) in [5.41, 5.74) is 5.46. The zero-order valence-electron chi connectivity index (χ0n) is 18.8. The largest absolute Gasteiger partial charge is 0.478 e. The van der Waals surface area contributed by atoms with Crippen molar-refractivity contribution in [2.24, 2.45) is 0 Å². The van der Waals surface area contributed by atoms with Gasteiger partial charge >= 0.3 is 5.97 Å². The number of pyridine rings is 1. The topological polar surface area (TPSA) is 71.2 Å². The molecule has 0 atom stereocenters. The van der Waals surface area contributed by atoms with E-state index in [4.69, 9.17) is 5.10 Å². The molecule has 1 aliphatic rings. The standard InChI is InChI=1S/C27H28N4O2/c1-2-25-24-13-12-23(16-26(24)31(29-25)21-9-3-4-10-21)30(18-19-7-6-14-28-17-19)22-11-5-8-20(15-22)27(32)33/h5-8,11-17,21H,2-4,9-10,18H2,1H3,(H,32,33). The van der Waals surface area contributed by atoms with Crippen LogP contribution in [0.5, 0.6) is 0 Å². The van der Waals surface area contributed by atoms with Gasteiger partial charge < -0.3 is 10.0 Å². The van der Waals surface area contributed by atoms with Crippen LogP contribution in [0.15, 0.2) is 67.0 Å². The second-order valence-corrected chi connectivity index (χ2v) is 8.69. The Balaban J connectivity index is 1.63. The molecule has 1 N–H and O–H groups in total. The highest BCUT2D eigenvalue weighted by Gasteiger charge is 2.22. The predicted octanol–water partition coefficient (Wildman–Crippen LogP) is 6.15. The van der Waals surface area contributed by atoms with Gasteiger partial charge in [0.2, 0.25) is 0 Å². The summed E-state index contributed by atoms with van der Waals surface area (Å²) >= 11 is 0. The Bertz CT molecular complexity index is 1280. The molecular formula is C27H28N4O2. The van der Waals surface area contributed by atoms with Crippen LogP contribution in [0, 0.1) is 0 Å². The summed E-state index contributed by atoms with van der Waals surface area (Å²) in [7, 11) is 0. The molecule has 2 heterocycles. The van der Waals surface area contributed by atoms with Gasteiger partial charge in [-0.3, -0.25) is 9.67 Å². The lowest BCUT2D eigenvalue weighted by atomic mass is 10.1. The van der Waals surface area contributed by atoms with Gasteiger partial charge in [-0.15, -0.1) is 0 Å². The molecule has 1 saturated carbocycles. The normalized spacial score (nSPS) is 14.1. The molecule has 1 aliphatic carbocycles. The van der Waals surface area contributed by atoms with Crippen LogP contribution in [0.25, 0.3) is 10.9 Å². The molecule has 0 amide bonds. The fraction of sp³-hybridized carbons (Fsp3) is 0.296. The van der Waals surface area contributed by atoms with Gasteiger partial charge in [-0.2, -0.15) is 5.10 Å². The van der Waals surface area contributed by atoms with Gasteiger partial charge in [0.25, 0.3) is 0 Å². The molecule has 0 unspecified atom stereocenters. The highest BCUT2D eigenvalue weighted by Crippen LogP contribution is 2.36. The molecule has 0 aliphatic heterocycles. The maximum atomic E-state index is 11.6. The van der Waals surface area contributed by atoms with Crippen LogP contribution >= 0.6 is 0 Å². The average Bonchev–Trinajstić information content (AvgIpc) is 3.50. The maximum absolute atomic E-state index is 11.6. The molecule has 33 heavy (non-hydrogen) atoms. The number of carboxylic acid groups (broad SMARTS) is 1. The molecule has 6 nitrogen and oxygen atoms in total. The summed E-state index contributed by atoms with van der Waals surface area (Å²) < 4.78 is 2.24. The number of aryl methyl sites for hydroxylation is 1. The van der Waals surface area contributed by atoms with E-state index in [9.17, 15) is 9.90 Å². The van der Waals surface area contributed by atoms with E-state index < -0.39 is 5.97 Å². The summed E-state index contributed by atoms with van der Waals surface area (Å²) in [5.74, 6) is -0.930. The number of fused-ring (bicyclic) bond motifs is 1. The number of carbonyl (C=O) groups is 1. The van der Waals surface area contributed by atoms with Crippen LogP contribution in [0.3, 0.4) is 0 Å². The van der Waals surface area contributed by atoms with E-state index in [0.29, 0.717) is 12.6 Å². The first kappa shape index (κ1) is 21.2. The lowest BCUT2D eigenvalue weighted by molar-refractivity contribution is 0.0697. The van der Waals surface area contributed by atoms with Crippen molar-refractivity contribution in [1.29, 1.82) is 0 Å². The number of aromatic carboxylic acids is 1. The minimum atomic E-state index is -0.930. The molecule has 168 valence electrons.